The molecular weight excluding hydrogens is 640 g/mol. The number of rotatable bonds is 9. The molecule has 48 heavy (non-hydrogen) atoms. The van der Waals surface area contributed by atoms with E-state index in [1.807, 2.05) is 13.8 Å². The van der Waals surface area contributed by atoms with Gasteiger partial charge in [0.05, 0.1) is 31.5 Å². The molecule has 3 saturated heterocycles. The second kappa shape index (κ2) is 15.6. The summed E-state index contributed by atoms with van der Waals surface area (Å²) in [6, 6.07) is 0. The second-order valence-electron chi connectivity index (χ2n) is 13.9. The van der Waals surface area contributed by atoms with Crippen molar-refractivity contribution in [2.24, 2.45) is 11.8 Å². The van der Waals surface area contributed by atoms with Gasteiger partial charge < -0.3 is 79.5 Å². The average Bonchev–Trinajstić information content (AvgIpc) is 3.07. The van der Waals surface area contributed by atoms with Gasteiger partial charge in [-0.1, -0.05) is 30.2 Å². The van der Waals surface area contributed by atoms with E-state index in [2.05, 4.69) is 6.58 Å². The summed E-state index contributed by atoms with van der Waals surface area (Å²) in [6.45, 7) is 7.93. The Morgan fingerprint density at radius 1 is 0.667 bits per heavy atom. The molecule has 3 heterocycles. The highest BCUT2D eigenvalue weighted by molar-refractivity contribution is 5.28. The lowest BCUT2D eigenvalue weighted by Crippen LogP contribution is -2.66. The van der Waals surface area contributed by atoms with Crippen LogP contribution < -0.4 is 0 Å². The van der Waals surface area contributed by atoms with Gasteiger partial charge in [0, 0.05) is 5.92 Å². The molecule has 3 fully saturated rings. The SMILES string of the molecule is C=C(C)[C@@H]1CCC2=C(C1)[C@H](C)[C@@H](O)[C@H](O[C@@H]1O[C@H](CO)[C@@H](O[C@@H]3O[C@H](CO)[C@@H](O[C@@H]4O[C@@H](C)[C@H](O)[C@@H](O)[C@H]4O)[C@H](O)[C@H]3O)[C@H](O)[C@H]1O)C2. The zero-order valence-electron chi connectivity index (χ0n) is 27.3. The average molecular weight is 693 g/mol. The van der Waals surface area contributed by atoms with E-state index in [4.69, 9.17) is 28.4 Å². The molecule has 0 aromatic carbocycles. The van der Waals surface area contributed by atoms with Crippen molar-refractivity contribution in [1.29, 1.82) is 0 Å². The lowest BCUT2D eigenvalue weighted by Gasteiger charge is -2.48. The summed E-state index contributed by atoms with van der Waals surface area (Å²) in [5.41, 5.74) is 3.47. The predicted octanol–water partition coefficient (Wildman–Crippen LogP) is -3.08. The lowest BCUT2D eigenvalue weighted by molar-refractivity contribution is -0.380. The van der Waals surface area contributed by atoms with Crippen LogP contribution in [0.3, 0.4) is 0 Å². The first-order valence-corrected chi connectivity index (χ1v) is 16.6. The molecule has 10 N–H and O–H groups in total. The van der Waals surface area contributed by atoms with Crippen molar-refractivity contribution < 1.29 is 79.5 Å². The summed E-state index contributed by atoms with van der Waals surface area (Å²) in [6.07, 6.45) is -22.1. The van der Waals surface area contributed by atoms with Crippen molar-refractivity contribution in [3.05, 3.63) is 23.3 Å². The molecule has 3 aliphatic heterocycles. The third-order valence-corrected chi connectivity index (χ3v) is 10.6. The van der Waals surface area contributed by atoms with Gasteiger partial charge in [-0.15, -0.1) is 0 Å². The first-order chi connectivity index (χ1) is 22.7. The minimum Gasteiger partial charge on any atom is -0.394 e. The summed E-state index contributed by atoms with van der Waals surface area (Å²) in [5.74, 6) is 0.134. The summed E-state index contributed by atoms with van der Waals surface area (Å²) in [5, 5.41) is 106. The van der Waals surface area contributed by atoms with E-state index < -0.39 is 118 Å². The molecule has 0 bridgehead atoms. The molecule has 0 radical (unpaired) electrons. The molecule has 276 valence electrons. The Labute approximate surface area is 278 Å². The summed E-state index contributed by atoms with van der Waals surface area (Å²) in [4.78, 5) is 0. The molecule has 0 saturated carbocycles. The van der Waals surface area contributed by atoms with Crippen LogP contribution in [-0.2, 0) is 28.4 Å². The molecule has 5 rings (SSSR count). The van der Waals surface area contributed by atoms with Gasteiger partial charge in [-0.25, -0.2) is 0 Å². The maximum atomic E-state index is 11.2. The van der Waals surface area contributed by atoms with Crippen LogP contribution in [0.25, 0.3) is 0 Å². The summed E-state index contributed by atoms with van der Waals surface area (Å²) >= 11 is 0. The van der Waals surface area contributed by atoms with E-state index in [9.17, 15) is 51.1 Å². The number of hydrogen-bond acceptors (Lipinski definition) is 16. The zero-order chi connectivity index (χ0) is 35.2. The number of allylic oxidation sites excluding steroid dienone is 1. The van der Waals surface area contributed by atoms with Gasteiger partial charge >= 0.3 is 0 Å². The fraction of sp³-hybridized carbons (Fsp3) is 0.875. The van der Waals surface area contributed by atoms with Gasteiger partial charge in [0.2, 0.25) is 0 Å². The first kappa shape index (κ1) is 38.1. The zero-order valence-corrected chi connectivity index (χ0v) is 27.3. The highest BCUT2D eigenvalue weighted by Gasteiger charge is 2.54. The first-order valence-electron chi connectivity index (χ1n) is 16.6. The molecule has 16 nitrogen and oxygen atoms in total. The largest absolute Gasteiger partial charge is 0.394 e. The maximum absolute atomic E-state index is 11.2. The predicted molar refractivity (Wildman–Crippen MR) is 161 cm³/mol. The van der Waals surface area contributed by atoms with Crippen molar-refractivity contribution in [3.8, 4) is 0 Å². The Morgan fingerprint density at radius 2 is 1.17 bits per heavy atom. The minimum atomic E-state index is -1.88. The Morgan fingerprint density at radius 3 is 1.69 bits per heavy atom. The van der Waals surface area contributed by atoms with Crippen LogP contribution in [0, 0.1) is 11.8 Å². The second-order valence-corrected chi connectivity index (χ2v) is 13.9. The number of hydrogen-bond donors (Lipinski definition) is 10. The van der Waals surface area contributed by atoms with E-state index >= 15 is 0 Å². The van der Waals surface area contributed by atoms with Crippen molar-refractivity contribution in [2.75, 3.05) is 13.2 Å². The van der Waals surface area contributed by atoms with E-state index in [0.29, 0.717) is 12.3 Å². The minimum absolute atomic E-state index is 0.215. The Kier molecular flexibility index (Phi) is 12.4. The highest BCUT2D eigenvalue weighted by Crippen LogP contribution is 2.44. The van der Waals surface area contributed by atoms with Crippen LogP contribution in [-0.4, -0.2) is 169 Å². The van der Waals surface area contributed by atoms with Gasteiger partial charge in [0.1, 0.15) is 67.1 Å². The highest BCUT2D eigenvalue weighted by atomic mass is 16.8. The van der Waals surface area contributed by atoms with Gasteiger partial charge in [0.25, 0.3) is 0 Å². The molecule has 0 amide bonds. The molecule has 2 aliphatic carbocycles. The number of aliphatic hydroxyl groups excluding tert-OH is 10. The monoisotopic (exact) mass is 692 g/mol. The molecule has 0 spiro atoms. The smallest absolute Gasteiger partial charge is 0.187 e. The fourth-order valence-electron chi connectivity index (χ4n) is 7.48. The van der Waals surface area contributed by atoms with Gasteiger partial charge in [-0.2, -0.15) is 0 Å². The van der Waals surface area contributed by atoms with Crippen molar-refractivity contribution >= 4 is 0 Å². The summed E-state index contributed by atoms with van der Waals surface area (Å²) in [7, 11) is 0. The van der Waals surface area contributed by atoms with Crippen LogP contribution >= 0.6 is 0 Å². The number of ether oxygens (including phenoxy) is 6. The quantitative estimate of drug-likeness (QED) is 0.108. The standard InChI is InChI=1S/C32H52O16/c1-11(2)14-5-6-15-8-17(20(35)12(3)16(15)7-14)44-31-26(41)23(38)29(18(9-33)45-31)48-32-27(42)24(39)28(19(10-34)46-32)47-30-25(40)22(37)21(36)13(4)43-30/h12-14,17-42H,1,5-10H2,2-4H3/t12-,13-,14+,17+,18+,19+,20+,21-,22+,23+,24+,25+,26+,27+,28+,29+,30-,31+,32-/m0/s1. The van der Waals surface area contributed by atoms with Crippen LogP contribution in [0.1, 0.15) is 46.5 Å². The van der Waals surface area contributed by atoms with Crippen LogP contribution in [0.15, 0.2) is 23.3 Å². The molecule has 5 aliphatic rings. The van der Waals surface area contributed by atoms with Crippen LogP contribution in [0.5, 0.6) is 0 Å². The van der Waals surface area contributed by atoms with Crippen molar-refractivity contribution in [2.45, 2.75) is 151 Å². The Balaban J connectivity index is 1.23. The normalized spacial score (nSPS) is 50.2. The maximum Gasteiger partial charge on any atom is 0.187 e. The van der Waals surface area contributed by atoms with Crippen molar-refractivity contribution in [1.82, 2.24) is 0 Å². The van der Waals surface area contributed by atoms with E-state index in [0.717, 1.165) is 24.8 Å². The number of aliphatic hydroxyl groups is 10. The topological polar surface area (TPSA) is 258 Å². The van der Waals surface area contributed by atoms with Crippen LogP contribution in [0.4, 0.5) is 0 Å². The molecular formula is C32H52O16. The molecule has 0 aromatic heterocycles. The third kappa shape index (κ3) is 7.41. The summed E-state index contributed by atoms with van der Waals surface area (Å²) < 4.78 is 34.2. The molecule has 0 aromatic rings. The van der Waals surface area contributed by atoms with E-state index in [1.54, 1.807) is 0 Å². The van der Waals surface area contributed by atoms with E-state index in [-0.39, 0.29) is 5.92 Å². The molecule has 19 atom stereocenters. The Hall–Kier alpha value is -1.16. The Bertz CT molecular complexity index is 1130. The molecule has 0 unspecified atom stereocenters. The lowest BCUT2D eigenvalue weighted by atomic mass is 9.70. The van der Waals surface area contributed by atoms with Crippen LogP contribution in [0.2, 0.25) is 0 Å². The van der Waals surface area contributed by atoms with Crippen molar-refractivity contribution in [3.63, 3.8) is 0 Å². The van der Waals surface area contributed by atoms with Gasteiger partial charge in [0.15, 0.2) is 18.9 Å². The third-order valence-electron chi connectivity index (χ3n) is 10.6. The van der Waals surface area contributed by atoms with E-state index in [1.165, 1.54) is 18.1 Å². The molecule has 16 heteroatoms. The van der Waals surface area contributed by atoms with Gasteiger partial charge in [-0.3, -0.25) is 0 Å². The van der Waals surface area contributed by atoms with Gasteiger partial charge in [-0.05, 0) is 45.4 Å². The fourth-order valence-corrected chi connectivity index (χ4v) is 7.48.